The zero-order valence-corrected chi connectivity index (χ0v) is 10.6. The van der Waals surface area contributed by atoms with Crippen LogP contribution >= 0.6 is 0 Å². The largest absolute Gasteiger partial charge is 0.463 e. The third kappa shape index (κ3) is 2.37. The molecule has 1 aromatic heterocycles. The van der Waals surface area contributed by atoms with Gasteiger partial charge in [0, 0.05) is 11.8 Å². The number of esters is 1. The van der Waals surface area contributed by atoms with Crippen molar-refractivity contribution in [2.45, 2.75) is 13.8 Å². The van der Waals surface area contributed by atoms with Gasteiger partial charge in [-0.2, -0.15) is 0 Å². The Morgan fingerprint density at radius 1 is 1.22 bits per heavy atom. The zero-order chi connectivity index (χ0) is 13.1. The van der Waals surface area contributed by atoms with Crippen LogP contribution in [0.3, 0.4) is 0 Å². The van der Waals surface area contributed by atoms with Gasteiger partial charge in [-0.1, -0.05) is 17.7 Å². The van der Waals surface area contributed by atoms with Gasteiger partial charge in [0.15, 0.2) is 0 Å². The second-order valence-electron chi connectivity index (χ2n) is 4.08. The van der Waals surface area contributed by atoms with Crippen LogP contribution in [0.15, 0.2) is 30.5 Å². The van der Waals surface area contributed by atoms with Crippen LogP contribution in [0.1, 0.15) is 21.7 Å². The standard InChI is InChI=1S/C14H14N2O2/c1-9-4-5-10(2)11(8-9)12-6-7-15-13(16-12)14(17)18-3/h4-8H,1-3H3. The third-order valence-electron chi connectivity index (χ3n) is 2.69. The Morgan fingerprint density at radius 3 is 2.72 bits per heavy atom. The summed E-state index contributed by atoms with van der Waals surface area (Å²) in [6.45, 7) is 4.03. The average molecular weight is 242 g/mol. The minimum absolute atomic E-state index is 0.0795. The normalized spacial score (nSPS) is 10.2. The van der Waals surface area contributed by atoms with Crippen LogP contribution in [0.2, 0.25) is 0 Å². The molecule has 2 rings (SSSR count). The lowest BCUT2D eigenvalue weighted by molar-refractivity contribution is 0.0587. The summed E-state index contributed by atoms with van der Waals surface area (Å²) >= 11 is 0. The predicted molar refractivity (Wildman–Crippen MR) is 68.3 cm³/mol. The van der Waals surface area contributed by atoms with E-state index in [9.17, 15) is 4.79 Å². The number of benzene rings is 1. The first-order chi connectivity index (χ1) is 8.61. The van der Waals surface area contributed by atoms with E-state index in [0.29, 0.717) is 0 Å². The molecule has 0 atom stereocenters. The van der Waals surface area contributed by atoms with Crippen LogP contribution in [0, 0.1) is 13.8 Å². The van der Waals surface area contributed by atoms with Gasteiger partial charge < -0.3 is 4.74 Å². The second kappa shape index (κ2) is 4.96. The van der Waals surface area contributed by atoms with Gasteiger partial charge in [0.05, 0.1) is 12.8 Å². The summed E-state index contributed by atoms with van der Waals surface area (Å²) in [6.07, 6.45) is 1.57. The van der Waals surface area contributed by atoms with E-state index in [0.717, 1.165) is 22.4 Å². The second-order valence-corrected chi connectivity index (χ2v) is 4.08. The molecular formula is C14H14N2O2. The van der Waals surface area contributed by atoms with Crippen molar-refractivity contribution in [3.63, 3.8) is 0 Å². The van der Waals surface area contributed by atoms with Crippen molar-refractivity contribution in [3.05, 3.63) is 47.4 Å². The summed E-state index contributed by atoms with van der Waals surface area (Å²) in [5.74, 6) is -0.446. The molecule has 0 unspecified atom stereocenters. The molecule has 18 heavy (non-hydrogen) atoms. The summed E-state index contributed by atoms with van der Waals surface area (Å²) in [6, 6.07) is 7.90. The Labute approximate surface area is 106 Å². The maximum atomic E-state index is 11.4. The average Bonchev–Trinajstić information content (AvgIpc) is 2.40. The molecular weight excluding hydrogens is 228 g/mol. The highest BCUT2D eigenvalue weighted by Crippen LogP contribution is 2.22. The minimum Gasteiger partial charge on any atom is -0.463 e. The molecule has 0 saturated carbocycles. The SMILES string of the molecule is COC(=O)c1nccc(-c2cc(C)ccc2C)n1. The molecule has 1 heterocycles. The molecule has 0 N–H and O–H groups in total. The number of rotatable bonds is 2. The van der Waals surface area contributed by atoms with E-state index >= 15 is 0 Å². The van der Waals surface area contributed by atoms with Crippen LogP contribution in [0.4, 0.5) is 0 Å². The highest BCUT2D eigenvalue weighted by molar-refractivity contribution is 5.85. The summed E-state index contributed by atoms with van der Waals surface area (Å²) < 4.78 is 4.62. The number of methoxy groups -OCH3 is 1. The van der Waals surface area contributed by atoms with Gasteiger partial charge in [0.1, 0.15) is 0 Å². The van der Waals surface area contributed by atoms with Crippen molar-refractivity contribution < 1.29 is 9.53 Å². The molecule has 0 amide bonds. The summed E-state index contributed by atoms with van der Waals surface area (Å²) in [4.78, 5) is 19.5. The van der Waals surface area contributed by atoms with E-state index in [4.69, 9.17) is 0 Å². The molecule has 0 bridgehead atoms. The molecule has 92 valence electrons. The molecule has 0 saturated heterocycles. The maximum absolute atomic E-state index is 11.4. The van der Waals surface area contributed by atoms with Crippen LogP contribution in [-0.4, -0.2) is 23.0 Å². The Morgan fingerprint density at radius 2 is 2.00 bits per heavy atom. The molecule has 0 radical (unpaired) electrons. The van der Waals surface area contributed by atoms with Crippen molar-refractivity contribution in [2.24, 2.45) is 0 Å². The fraction of sp³-hybridized carbons (Fsp3) is 0.214. The van der Waals surface area contributed by atoms with Crippen molar-refractivity contribution in [2.75, 3.05) is 7.11 Å². The Bertz CT molecular complexity index is 594. The van der Waals surface area contributed by atoms with E-state index in [1.54, 1.807) is 12.3 Å². The quantitative estimate of drug-likeness (QED) is 0.759. The minimum atomic E-state index is -0.526. The van der Waals surface area contributed by atoms with Gasteiger partial charge in [-0.25, -0.2) is 14.8 Å². The highest BCUT2D eigenvalue weighted by Gasteiger charge is 2.11. The third-order valence-corrected chi connectivity index (χ3v) is 2.69. The van der Waals surface area contributed by atoms with E-state index < -0.39 is 5.97 Å². The first-order valence-electron chi connectivity index (χ1n) is 5.61. The highest BCUT2D eigenvalue weighted by atomic mass is 16.5. The molecule has 4 heteroatoms. The summed E-state index contributed by atoms with van der Waals surface area (Å²) in [5.41, 5.74) is 3.98. The molecule has 0 aliphatic heterocycles. The molecule has 0 spiro atoms. The lowest BCUT2D eigenvalue weighted by Crippen LogP contribution is -2.07. The molecule has 0 fully saturated rings. The van der Waals surface area contributed by atoms with Crippen LogP contribution in [-0.2, 0) is 4.74 Å². The number of ether oxygens (including phenoxy) is 1. The summed E-state index contributed by atoms with van der Waals surface area (Å²) in [5, 5.41) is 0. The molecule has 2 aromatic rings. The van der Waals surface area contributed by atoms with Crippen molar-refractivity contribution in [3.8, 4) is 11.3 Å². The van der Waals surface area contributed by atoms with E-state index in [1.165, 1.54) is 7.11 Å². The van der Waals surface area contributed by atoms with Crippen LogP contribution in [0.5, 0.6) is 0 Å². The Balaban J connectivity index is 2.51. The van der Waals surface area contributed by atoms with E-state index in [-0.39, 0.29) is 5.82 Å². The first-order valence-corrected chi connectivity index (χ1v) is 5.61. The van der Waals surface area contributed by atoms with Crippen LogP contribution < -0.4 is 0 Å². The van der Waals surface area contributed by atoms with Crippen molar-refractivity contribution >= 4 is 5.97 Å². The van der Waals surface area contributed by atoms with E-state index in [1.807, 2.05) is 32.0 Å². The summed E-state index contributed by atoms with van der Waals surface area (Å²) in [7, 11) is 1.32. The number of hydrogen-bond donors (Lipinski definition) is 0. The van der Waals surface area contributed by atoms with Gasteiger partial charge in [-0.05, 0) is 31.5 Å². The fourth-order valence-corrected chi connectivity index (χ4v) is 1.71. The predicted octanol–water partition coefficient (Wildman–Crippen LogP) is 2.55. The Hall–Kier alpha value is -2.23. The van der Waals surface area contributed by atoms with Crippen LogP contribution in [0.25, 0.3) is 11.3 Å². The number of carbonyl (C=O) groups is 1. The topological polar surface area (TPSA) is 52.1 Å². The van der Waals surface area contributed by atoms with Gasteiger partial charge >= 0.3 is 5.97 Å². The van der Waals surface area contributed by atoms with Crippen molar-refractivity contribution in [1.82, 2.24) is 9.97 Å². The van der Waals surface area contributed by atoms with E-state index in [2.05, 4.69) is 14.7 Å². The molecule has 0 aliphatic carbocycles. The number of hydrogen-bond acceptors (Lipinski definition) is 4. The first kappa shape index (κ1) is 12.2. The molecule has 0 aliphatic rings. The smallest absolute Gasteiger partial charge is 0.376 e. The molecule has 1 aromatic carbocycles. The Kier molecular flexibility index (Phi) is 3.37. The number of carbonyl (C=O) groups excluding carboxylic acids is 1. The zero-order valence-electron chi connectivity index (χ0n) is 10.6. The molecule has 4 nitrogen and oxygen atoms in total. The van der Waals surface area contributed by atoms with Gasteiger partial charge in [0.25, 0.3) is 0 Å². The van der Waals surface area contributed by atoms with Crippen molar-refractivity contribution in [1.29, 1.82) is 0 Å². The lowest BCUT2D eigenvalue weighted by Gasteiger charge is -2.07. The maximum Gasteiger partial charge on any atom is 0.376 e. The number of nitrogens with zero attached hydrogens (tertiary/aromatic N) is 2. The monoisotopic (exact) mass is 242 g/mol. The van der Waals surface area contributed by atoms with Gasteiger partial charge in [-0.15, -0.1) is 0 Å². The van der Waals surface area contributed by atoms with Gasteiger partial charge in [-0.3, -0.25) is 0 Å². The number of aromatic nitrogens is 2. The number of aryl methyl sites for hydroxylation is 2. The van der Waals surface area contributed by atoms with Gasteiger partial charge in [0.2, 0.25) is 5.82 Å². The fourth-order valence-electron chi connectivity index (χ4n) is 1.71. The lowest BCUT2D eigenvalue weighted by atomic mass is 10.0.